The molecule has 108 valence electrons. The summed E-state index contributed by atoms with van der Waals surface area (Å²) in [5.74, 6) is -0.698. The van der Waals surface area contributed by atoms with E-state index in [2.05, 4.69) is 5.32 Å². The van der Waals surface area contributed by atoms with Gasteiger partial charge in [0.1, 0.15) is 11.3 Å². The predicted molar refractivity (Wildman–Crippen MR) is 77.9 cm³/mol. The molecule has 0 spiro atoms. The van der Waals surface area contributed by atoms with Gasteiger partial charge in [-0.3, -0.25) is 4.79 Å². The molecule has 1 N–H and O–H groups in total. The van der Waals surface area contributed by atoms with Gasteiger partial charge in [-0.25, -0.2) is 8.42 Å². The number of hydrogen-bond donors (Lipinski definition) is 1. The van der Waals surface area contributed by atoms with Crippen molar-refractivity contribution in [3.8, 4) is 6.07 Å². The van der Waals surface area contributed by atoms with Crippen molar-refractivity contribution in [1.82, 2.24) is 0 Å². The fraction of sp³-hybridized carbons (Fsp3) is 0.429. The number of sulfone groups is 1. The number of amides is 1. The molecule has 0 radical (unpaired) electrons. The Morgan fingerprint density at radius 1 is 1.30 bits per heavy atom. The van der Waals surface area contributed by atoms with Gasteiger partial charge in [0.15, 0.2) is 9.84 Å². The van der Waals surface area contributed by atoms with Gasteiger partial charge in [0.05, 0.1) is 17.0 Å². The van der Waals surface area contributed by atoms with Gasteiger partial charge in [-0.15, -0.1) is 0 Å². The number of para-hydroxylation sites is 1. The number of carbonyl (C=O) groups excluding carboxylic acids is 1. The minimum atomic E-state index is -3.49. The second-order valence-electron chi connectivity index (χ2n) is 5.01. The smallest absolute Gasteiger partial charge is 0.242 e. The van der Waals surface area contributed by atoms with Crippen molar-refractivity contribution in [3.63, 3.8) is 0 Å². The first-order chi connectivity index (χ1) is 9.27. The van der Waals surface area contributed by atoms with E-state index in [4.69, 9.17) is 5.26 Å². The van der Waals surface area contributed by atoms with E-state index in [1.165, 1.54) is 6.92 Å². The van der Waals surface area contributed by atoms with Crippen LogP contribution < -0.4 is 5.32 Å². The molecule has 0 fully saturated rings. The summed E-state index contributed by atoms with van der Waals surface area (Å²) < 4.78 is 24.0. The molecular formula is C14H18N2O3S. The first-order valence-electron chi connectivity index (χ1n) is 6.29. The highest BCUT2D eigenvalue weighted by atomic mass is 32.2. The van der Waals surface area contributed by atoms with Crippen molar-refractivity contribution in [1.29, 1.82) is 5.26 Å². The molecule has 1 aromatic rings. The Hall–Kier alpha value is -1.87. The number of nitrogens with one attached hydrogen (secondary N) is 1. The van der Waals surface area contributed by atoms with Gasteiger partial charge in [-0.2, -0.15) is 5.26 Å². The van der Waals surface area contributed by atoms with E-state index in [9.17, 15) is 13.2 Å². The monoisotopic (exact) mass is 294 g/mol. The standard InChI is InChI=1S/C14H18N2O3S/c1-10(2)9-20(18,19)11(3)14(17)16-13-7-5-4-6-12(13)8-15/h4-7,10-11H,9H2,1-3H3,(H,16,17). The fourth-order valence-electron chi connectivity index (χ4n) is 1.70. The number of carbonyl (C=O) groups is 1. The van der Waals surface area contributed by atoms with Crippen LogP contribution >= 0.6 is 0 Å². The summed E-state index contributed by atoms with van der Waals surface area (Å²) in [6.07, 6.45) is 0. The lowest BCUT2D eigenvalue weighted by molar-refractivity contribution is -0.115. The minimum absolute atomic E-state index is 0.0401. The normalized spacial score (nSPS) is 12.8. The Bertz CT molecular complexity index is 630. The third kappa shape index (κ3) is 4.07. The number of anilines is 1. The fourth-order valence-corrected chi connectivity index (χ4v) is 3.30. The summed E-state index contributed by atoms with van der Waals surface area (Å²) in [5, 5.41) is 10.3. The molecule has 0 aliphatic heterocycles. The zero-order valence-electron chi connectivity index (χ0n) is 11.8. The van der Waals surface area contributed by atoms with Gasteiger partial charge in [-0.05, 0) is 25.0 Å². The van der Waals surface area contributed by atoms with Crippen LogP contribution in [0.5, 0.6) is 0 Å². The van der Waals surface area contributed by atoms with E-state index in [1.54, 1.807) is 38.1 Å². The second-order valence-corrected chi connectivity index (χ2v) is 7.38. The predicted octanol–water partition coefficient (Wildman–Crippen LogP) is 1.96. The average molecular weight is 294 g/mol. The molecule has 0 aromatic heterocycles. The van der Waals surface area contributed by atoms with Crippen molar-refractivity contribution in [2.75, 3.05) is 11.1 Å². The molecule has 0 bridgehead atoms. The second kappa shape index (κ2) is 6.53. The third-order valence-electron chi connectivity index (χ3n) is 2.78. The Morgan fingerprint density at radius 2 is 1.90 bits per heavy atom. The lowest BCUT2D eigenvalue weighted by atomic mass is 10.2. The molecule has 6 heteroatoms. The van der Waals surface area contributed by atoms with E-state index in [1.807, 2.05) is 6.07 Å². The van der Waals surface area contributed by atoms with E-state index in [0.717, 1.165) is 0 Å². The maximum absolute atomic E-state index is 12.0. The Labute approximate surface area is 119 Å². The average Bonchev–Trinajstić information content (AvgIpc) is 2.36. The first kappa shape index (κ1) is 16.2. The van der Waals surface area contributed by atoms with Crippen molar-refractivity contribution in [2.45, 2.75) is 26.0 Å². The molecule has 0 aliphatic carbocycles. The van der Waals surface area contributed by atoms with Gasteiger partial charge in [0, 0.05) is 0 Å². The minimum Gasteiger partial charge on any atom is -0.324 e. The van der Waals surface area contributed by atoms with Crippen LogP contribution in [-0.4, -0.2) is 25.3 Å². The van der Waals surface area contributed by atoms with E-state index < -0.39 is 21.0 Å². The summed E-state index contributed by atoms with van der Waals surface area (Å²) in [7, 11) is -3.49. The molecule has 20 heavy (non-hydrogen) atoms. The molecule has 1 amide bonds. The maximum Gasteiger partial charge on any atom is 0.242 e. The highest BCUT2D eigenvalue weighted by molar-refractivity contribution is 7.92. The van der Waals surface area contributed by atoms with E-state index >= 15 is 0 Å². The lowest BCUT2D eigenvalue weighted by Crippen LogP contribution is -2.35. The Kier molecular flexibility index (Phi) is 5.28. The molecular weight excluding hydrogens is 276 g/mol. The molecule has 1 rings (SSSR count). The van der Waals surface area contributed by atoms with Crippen LogP contribution in [0.25, 0.3) is 0 Å². The summed E-state index contributed by atoms with van der Waals surface area (Å²) >= 11 is 0. The Morgan fingerprint density at radius 3 is 2.45 bits per heavy atom. The summed E-state index contributed by atoms with van der Waals surface area (Å²) in [6.45, 7) is 4.93. The lowest BCUT2D eigenvalue weighted by Gasteiger charge is -2.15. The highest BCUT2D eigenvalue weighted by Gasteiger charge is 2.28. The largest absolute Gasteiger partial charge is 0.324 e. The van der Waals surface area contributed by atoms with Gasteiger partial charge in [0.2, 0.25) is 5.91 Å². The first-order valence-corrected chi connectivity index (χ1v) is 8.01. The number of nitrogens with zero attached hydrogens (tertiary/aromatic N) is 1. The highest BCUT2D eigenvalue weighted by Crippen LogP contribution is 2.16. The number of benzene rings is 1. The van der Waals surface area contributed by atoms with Crippen molar-refractivity contribution >= 4 is 21.4 Å². The van der Waals surface area contributed by atoms with Crippen LogP contribution in [0, 0.1) is 17.2 Å². The summed E-state index contributed by atoms with van der Waals surface area (Å²) in [6, 6.07) is 8.42. The van der Waals surface area contributed by atoms with Crippen molar-refractivity contribution in [3.05, 3.63) is 29.8 Å². The number of rotatable bonds is 5. The molecule has 0 aliphatic rings. The maximum atomic E-state index is 12.0. The van der Waals surface area contributed by atoms with Crippen LogP contribution in [-0.2, 0) is 14.6 Å². The van der Waals surface area contributed by atoms with Crippen molar-refractivity contribution in [2.24, 2.45) is 5.92 Å². The molecule has 5 nitrogen and oxygen atoms in total. The van der Waals surface area contributed by atoms with E-state index in [-0.39, 0.29) is 11.7 Å². The molecule has 0 saturated heterocycles. The third-order valence-corrected chi connectivity index (χ3v) is 5.20. The van der Waals surface area contributed by atoms with Gasteiger partial charge in [0.25, 0.3) is 0 Å². The number of nitriles is 1. The van der Waals surface area contributed by atoms with Gasteiger partial charge >= 0.3 is 0 Å². The van der Waals surface area contributed by atoms with Crippen LogP contribution in [0.3, 0.4) is 0 Å². The molecule has 0 saturated carbocycles. The van der Waals surface area contributed by atoms with E-state index in [0.29, 0.717) is 11.3 Å². The summed E-state index contributed by atoms with van der Waals surface area (Å²) in [5.41, 5.74) is 0.626. The van der Waals surface area contributed by atoms with Gasteiger partial charge in [-0.1, -0.05) is 26.0 Å². The van der Waals surface area contributed by atoms with Gasteiger partial charge < -0.3 is 5.32 Å². The zero-order chi connectivity index (χ0) is 15.3. The molecule has 1 unspecified atom stereocenters. The quantitative estimate of drug-likeness (QED) is 0.899. The van der Waals surface area contributed by atoms with Crippen LogP contribution in [0.1, 0.15) is 26.3 Å². The zero-order valence-corrected chi connectivity index (χ0v) is 12.6. The topological polar surface area (TPSA) is 87.0 Å². The number of hydrogen-bond acceptors (Lipinski definition) is 4. The summed E-state index contributed by atoms with van der Waals surface area (Å²) in [4.78, 5) is 12.0. The van der Waals surface area contributed by atoms with Crippen LogP contribution in [0.4, 0.5) is 5.69 Å². The molecule has 0 heterocycles. The molecule has 1 atom stereocenters. The molecule has 1 aromatic carbocycles. The van der Waals surface area contributed by atoms with Crippen molar-refractivity contribution < 1.29 is 13.2 Å². The van der Waals surface area contributed by atoms with Crippen LogP contribution in [0.15, 0.2) is 24.3 Å². The SMILES string of the molecule is CC(C)CS(=O)(=O)C(C)C(=O)Nc1ccccc1C#N. The van der Waals surface area contributed by atoms with Crippen LogP contribution in [0.2, 0.25) is 0 Å². The Balaban J connectivity index is 2.89.